The maximum Gasteiger partial charge on any atom is 0.309 e. The summed E-state index contributed by atoms with van der Waals surface area (Å²) in [4.78, 5) is 13.0. The van der Waals surface area contributed by atoms with Gasteiger partial charge in [0.15, 0.2) is 0 Å². The first-order chi connectivity index (χ1) is 18.7. The molecule has 1 aromatic carbocycles. The summed E-state index contributed by atoms with van der Waals surface area (Å²) in [7, 11) is 2.29. The van der Waals surface area contributed by atoms with Crippen LogP contribution in [0.5, 0.6) is 0 Å². The number of aromatic nitrogens is 1. The van der Waals surface area contributed by atoms with Crippen molar-refractivity contribution in [1.29, 1.82) is 0 Å². The van der Waals surface area contributed by atoms with Crippen molar-refractivity contribution in [2.75, 3.05) is 0 Å². The Morgan fingerprint density at radius 1 is 0.925 bits per heavy atom. The van der Waals surface area contributed by atoms with E-state index in [1.807, 2.05) is 0 Å². The van der Waals surface area contributed by atoms with E-state index in [-0.39, 0.29) is 27.6 Å². The van der Waals surface area contributed by atoms with Crippen molar-refractivity contribution in [3.63, 3.8) is 0 Å². The SMILES string of the molecule is C=C(C)[C@@H]1CC[C@]2(C(=O)O)CC[C@]3(C)C(CCC4[C@@]5(C)Cc6c(n(C)c7ccccc67)C(C)(C)C5CC[C@]43C)C12. The quantitative estimate of drug-likeness (QED) is 0.386. The van der Waals surface area contributed by atoms with Crippen LogP contribution in [0.15, 0.2) is 36.4 Å². The van der Waals surface area contributed by atoms with Crippen molar-refractivity contribution in [2.45, 2.75) is 105 Å². The minimum Gasteiger partial charge on any atom is -0.481 e. The summed E-state index contributed by atoms with van der Waals surface area (Å²) >= 11 is 0. The number of allylic oxidation sites excluding steroid dienone is 1. The first-order valence-corrected chi connectivity index (χ1v) is 16.2. The molecule has 4 saturated carbocycles. The number of nitrogens with zero attached hydrogens (tertiary/aromatic N) is 1. The number of carbonyl (C=O) groups is 1. The molecule has 216 valence electrons. The Morgan fingerprint density at radius 2 is 1.65 bits per heavy atom. The van der Waals surface area contributed by atoms with Crippen LogP contribution in [0.4, 0.5) is 0 Å². The molecule has 2 aromatic rings. The standard InChI is InChI=1S/C37H51NO2/c1-22(2)23-15-18-37(32(39)40)20-19-35(6)26(30(23)37)13-14-29-34(5)21-25-24-11-9-10-12-27(24)38(8)31(25)33(3,4)28(34)16-17-36(29,35)7/h9-12,23,26,28-30H,1,13-21H2,2-8H3,(H,39,40)/t23-,26?,28?,29?,30?,34-,35+,36+,37-/m0/s1. The molecule has 4 fully saturated rings. The Kier molecular flexibility index (Phi) is 5.42. The molecule has 5 aliphatic carbocycles. The van der Waals surface area contributed by atoms with E-state index in [4.69, 9.17) is 0 Å². The Bertz CT molecular complexity index is 1430. The highest BCUT2D eigenvalue weighted by Gasteiger charge is 2.72. The summed E-state index contributed by atoms with van der Waals surface area (Å²) < 4.78 is 2.51. The number of aliphatic carboxylic acids is 1. The topological polar surface area (TPSA) is 42.2 Å². The van der Waals surface area contributed by atoms with Gasteiger partial charge < -0.3 is 9.67 Å². The molecule has 0 amide bonds. The van der Waals surface area contributed by atoms with Crippen LogP contribution in [0.3, 0.4) is 0 Å². The van der Waals surface area contributed by atoms with Crippen LogP contribution in [-0.4, -0.2) is 15.6 Å². The molecule has 5 aliphatic rings. The lowest BCUT2D eigenvalue weighted by atomic mass is 9.32. The van der Waals surface area contributed by atoms with Gasteiger partial charge in [-0.3, -0.25) is 4.79 Å². The molecule has 0 bridgehead atoms. The number of aryl methyl sites for hydroxylation is 1. The third kappa shape index (κ3) is 2.91. The van der Waals surface area contributed by atoms with Crippen LogP contribution >= 0.6 is 0 Å². The van der Waals surface area contributed by atoms with Crippen LogP contribution in [0, 0.1) is 51.2 Å². The van der Waals surface area contributed by atoms with E-state index in [2.05, 4.69) is 84.0 Å². The molecule has 3 nitrogen and oxygen atoms in total. The number of rotatable bonds is 2. The van der Waals surface area contributed by atoms with Gasteiger partial charge in [-0.15, -0.1) is 0 Å². The lowest BCUT2D eigenvalue weighted by Crippen LogP contribution is -2.67. The molecule has 1 aromatic heterocycles. The summed E-state index contributed by atoms with van der Waals surface area (Å²) in [5, 5.41) is 12.1. The number of hydrogen-bond donors (Lipinski definition) is 1. The maximum absolute atomic E-state index is 13.0. The van der Waals surface area contributed by atoms with E-state index in [0.717, 1.165) is 25.7 Å². The first-order valence-electron chi connectivity index (χ1n) is 16.2. The first kappa shape index (κ1) is 26.8. The zero-order valence-electron chi connectivity index (χ0n) is 26.1. The van der Waals surface area contributed by atoms with Crippen LogP contribution < -0.4 is 0 Å². The van der Waals surface area contributed by atoms with Crippen LogP contribution in [0.1, 0.15) is 104 Å². The average Bonchev–Trinajstić information content (AvgIpc) is 3.42. The third-order valence-corrected chi connectivity index (χ3v) is 15.0. The van der Waals surface area contributed by atoms with E-state index >= 15 is 0 Å². The second-order valence-corrected chi connectivity index (χ2v) is 16.4. The normalized spacial score (nSPS) is 45.1. The lowest BCUT2D eigenvalue weighted by Gasteiger charge is -2.72. The summed E-state index contributed by atoms with van der Waals surface area (Å²) in [6, 6.07) is 9.08. The zero-order chi connectivity index (χ0) is 28.6. The van der Waals surface area contributed by atoms with E-state index in [1.54, 1.807) is 11.3 Å². The molecule has 0 radical (unpaired) electrons. The largest absolute Gasteiger partial charge is 0.481 e. The van der Waals surface area contributed by atoms with Gasteiger partial charge in [0.05, 0.1) is 5.41 Å². The van der Waals surface area contributed by atoms with Crippen molar-refractivity contribution in [2.24, 2.45) is 58.3 Å². The van der Waals surface area contributed by atoms with Crippen molar-refractivity contribution in [1.82, 2.24) is 4.57 Å². The molecular weight excluding hydrogens is 490 g/mol. The van der Waals surface area contributed by atoms with Crippen LogP contribution in [0.2, 0.25) is 0 Å². The summed E-state index contributed by atoms with van der Waals surface area (Å²) in [5.74, 6) is 1.88. The highest BCUT2D eigenvalue weighted by Crippen LogP contribution is 2.77. The molecule has 4 unspecified atom stereocenters. The van der Waals surface area contributed by atoms with E-state index in [1.165, 1.54) is 48.6 Å². The fourth-order valence-electron chi connectivity index (χ4n) is 13.3. The maximum atomic E-state index is 13.0. The smallest absolute Gasteiger partial charge is 0.309 e. The van der Waals surface area contributed by atoms with Crippen molar-refractivity contribution in [3.05, 3.63) is 47.7 Å². The van der Waals surface area contributed by atoms with Crippen LogP contribution in [-0.2, 0) is 23.7 Å². The lowest BCUT2D eigenvalue weighted by molar-refractivity contribution is -0.227. The molecule has 9 atom stereocenters. The monoisotopic (exact) mass is 541 g/mol. The van der Waals surface area contributed by atoms with Gasteiger partial charge in [-0.25, -0.2) is 0 Å². The number of hydrogen-bond acceptors (Lipinski definition) is 1. The second kappa shape index (κ2) is 8.07. The van der Waals surface area contributed by atoms with Gasteiger partial charge >= 0.3 is 5.97 Å². The number of carboxylic acids is 1. The van der Waals surface area contributed by atoms with E-state index < -0.39 is 11.4 Å². The van der Waals surface area contributed by atoms with Gasteiger partial charge in [0.25, 0.3) is 0 Å². The molecule has 0 saturated heterocycles. The van der Waals surface area contributed by atoms with Gasteiger partial charge in [0.1, 0.15) is 0 Å². The van der Waals surface area contributed by atoms with Crippen LogP contribution in [0.25, 0.3) is 10.9 Å². The minimum absolute atomic E-state index is 0.122. The summed E-state index contributed by atoms with van der Waals surface area (Å²) in [6.45, 7) is 19.6. The van der Waals surface area contributed by atoms with Gasteiger partial charge in [-0.05, 0) is 122 Å². The molecule has 3 heteroatoms. The highest BCUT2D eigenvalue weighted by atomic mass is 16.4. The Hall–Kier alpha value is -2.03. The average molecular weight is 542 g/mol. The molecule has 1 heterocycles. The molecular formula is C37H51NO2. The Labute approximate surface area is 241 Å². The highest BCUT2D eigenvalue weighted by molar-refractivity contribution is 5.86. The number of benzene rings is 1. The molecule has 0 aliphatic heterocycles. The van der Waals surface area contributed by atoms with E-state index in [0.29, 0.717) is 23.7 Å². The van der Waals surface area contributed by atoms with Crippen molar-refractivity contribution < 1.29 is 9.90 Å². The van der Waals surface area contributed by atoms with Gasteiger partial charge in [0, 0.05) is 29.1 Å². The molecule has 7 rings (SSSR count). The molecule has 1 N–H and O–H groups in total. The molecule has 40 heavy (non-hydrogen) atoms. The van der Waals surface area contributed by atoms with Crippen molar-refractivity contribution >= 4 is 16.9 Å². The Balaban J connectivity index is 1.34. The number of carboxylic acid groups (broad SMARTS) is 1. The fraction of sp³-hybridized carbons (Fsp3) is 0.703. The predicted molar refractivity (Wildman–Crippen MR) is 163 cm³/mol. The third-order valence-electron chi connectivity index (χ3n) is 15.0. The number of fused-ring (bicyclic) bond motifs is 10. The van der Waals surface area contributed by atoms with Gasteiger partial charge in [-0.2, -0.15) is 0 Å². The summed E-state index contributed by atoms with van der Waals surface area (Å²) in [6.07, 6.45) is 9.93. The minimum atomic E-state index is -0.539. The van der Waals surface area contributed by atoms with Gasteiger partial charge in [-0.1, -0.05) is 65.0 Å². The number of para-hydroxylation sites is 1. The van der Waals surface area contributed by atoms with E-state index in [9.17, 15) is 9.90 Å². The van der Waals surface area contributed by atoms with Gasteiger partial charge in [0.2, 0.25) is 0 Å². The summed E-state index contributed by atoms with van der Waals surface area (Å²) in [5.41, 5.74) is 6.00. The predicted octanol–water partition coefficient (Wildman–Crippen LogP) is 8.93. The zero-order valence-corrected chi connectivity index (χ0v) is 26.1. The second-order valence-electron chi connectivity index (χ2n) is 16.4. The Morgan fingerprint density at radius 3 is 2.35 bits per heavy atom. The van der Waals surface area contributed by atoms with Crippen molar-refractivity contribution in [3.8, 4) is 0 Å². The molecule has 0 spiro atoms. The fourth-order valence-corrected chi connectivity index (χ4v) is 13.3.